The molecule has 0 radical (unpaired) electrons. The Morgan fingerprint density at radius 2 is 1.43 bits per heavy atom. The van der Waals surface area contributed by atoms with Crippen LogP contribution < -0.4 is 0 Å². The third-order valence-corrected chi connectivity index (χ3v) is 4.61. The van der Waals surface area contributed by atoms with Crippen molar-refractivity contribution in [2.45, 2.75) is 51.0 Å². The highest BCUT2D eigenvalue weighted by atomic mass is 15.3. The minimum Gasteiger partial charge on any atom is -0.328 e. The maximum Gasteiger partial charge on any atom is 0.0887 e. The van der Waals surface area contributed by atoms with E-state index in [1.54, 1.807) is 0 Å². The first-order valence-corrected chi connectivity index (χ1v) is 6.38. The van der Waals surface area contributed by atoms with Crippen LogP contribution in [-0.2, 0) is 0 Å². The SMILES string of the molecule is C[N+](C)(C)[C@H]1CC[C@H]2CCCC[C@@H]2C1. The van der Waals surface area contributed by atoms with E-state index in [9.17, 15) is 0 Å². The first kappa shape index (κ1) is 10.5. The molecule has 2 rings (SSSR count). The quantitative estimate of drug-likeness (QED) is 0.565. The van der Waals surface area contributed by atoms with Crippen LogP contribution in [0.3, 0.4) is 0 Å². The zero-order chi connectivity index (χ0) is 10.2. The molecule has 0 spiro atoms. The van der Waals surface area contributed by atoms with Crippen LogP contribution in [0.25, 0.3) is 0 Å². The highest BCUT2D eigenvalue weighted by molar-refractivity contribution is 4.83. The van der Waals surface area contributed by atoms with Gasteiger partial charge in [0.25, 0.3) is 0 Å². The number of rotatable bonds is 1. The summed E-state index contributed by atoms with van der Waals surface area (Å²) in [4.78, 5) is 0. The van der Waals surface area contributed by atoms with Gasteiger partial charge in [0.05, 0.1) is 27.2 Å². The summed E-state index contributed by atoms with van der Waals surface area (Å²) in [6.45, 7) is 0. The van der Waals surface area contributed by atoms with Gasteiger partial charge in [-0.2, -0.15) is 0 Å². The second-order valence-corrected chi connectivity index (χ2v) is 6.39. The van der Waals surface area contributed by atoms with E-state index in [2.05, 4.69) is 21.1 Å². The molecule has 0 aromatic heterocycles. The van der Waals surface area contributed by atoms with Crippen molar-refractivity contribution in [2.75, 3.05) is 21.1 Å². The Balaban J connectivity index is 1.96. The lowest BCUT2D eigenvalue weighted by Gasteiger charge is -2.44. The van der Waals surface area contributed by atoms with Crippen molar-refractivity contribution in [2.24, 2.45) is 11.8 Å². The lowest BCUT2D eigenvalue weighted by molar-refractivity contribution is -0.898. The van der Waals surface area contributed by atoms with E-state index in [0.717, 1.165) is 17.9 Å². The monoisotopic (exact) mass is 196 g/mol. The Bertz CT molecular complexity index is 192. The molecule has 1 nitrogen and oxygen atoms in total. The molecule has 3 atom stereocenters. The van der Waals surface area contributed by atoms with Gasteiger partial charge in [0.15, 0.2) is 0 Å². The summed E-state index contributed by atoms with van der Waals surface area (Å²) >= 11 is 0. The second kappa shape index (κ2) is 3.84. The number of nitrogens with zero attached hydrogens (tertiary/aromatic N) is 1. The molecule has 2 aliphatic carbocycles. The molecule has 2 fully saturated rings. The first-order chi connectivity index (χ1) is 6.57. The summed E-state index contributed by atoms with van der Waals surface area (Å²) in [5.74, 6) is 2.19. The van der Waals surface area contributed by atoms with Crippen LogP contribution in [0.1, 0.15) is 44.9 Å². The van der Waals surface area contributed by atoms with Gasteiger partial charge in [-0.05, 0) is 31.1 Å². The Morgan fingerprint density at radius 3 is 2.07 bits per heavy atom. The Labute approximate surface area is 89.1 Å². The Morgan fingerprint density at radius 1 is 0.786 bits per heavy atom. The summed E-state index contributed by atoms with van der Waals surface area (Å²) in [6.07, 6.45) is 10.6. The van der Waals surface area contributed by atoms with Gasteiger partial charge in [-0.25, -0.2) is 0 Å². The van der Waals surface area contributed by atoms with Crippen LogP contribution >= 0.6 is 0 Å². The van der Waals surface area contributed by atoms with Crippen molar-refractivity contribution in [3.05, 3.63) is 0 Å². The average Bonchev–Trinajstić information content (AvgIpc) is 2.16. The highest BCUT2D eigenvalue weighted by Crippen LogP contribution is 2.42. The van der Waals surface area contributed by atoms with Gasteiger partial charge in [0, 0.05) is 6.42 Å². The van der Waals surface area contributed by atoms with Gasteiger partial charge in [0.1, 0.15) is 0 Å². The summed E-state index contributed by atoms with van der Waals surface area (Å²) in [5, 5.41) is 0. The average molecular weight is 196 g/mol. The molecule has 0 heterocycles. The fraction of sp³-hybridized carbons (Fsp3) is 1.00. The van der Waals surface area contributed by atoms with Crippen molar-refractivity contribution in [1.82, 2.24) is 0 Å². The molecule has 0 N–H and O–H groups in total. The van der Waals surface area contributed by atoms with Gasteiger partial charge >= 0.3 is 0 Å². The topological polar surface area (TPSA) is 0 Å². The third-order valence-electron chi connectivity index (χ3n) is 4.61. The van der Waals surface area contributed by atoms with E-state index in [1.165, 1.54) is 49.4 Å². The van der Waals surface area contributed by atoms with Gasteiger partial charge in [-0.1, -0.05) is 19.3 Å². The van der Waals surface area contributed by atoms with Crippen LogP contribution in [-0.4, -0.2) is 31.7 Å². The molecule has 14 heavy (non-hydrogen) atoms. The minimum atomic E-state index is 0.939. The molecule has 0 aromatic rings. The zero-order valence-electron chi connectivity index (χ0n) is 10.1. The number of hydrogen-bond acceptors (Lipinski definition) is 0. The summed E-state index contributed by atoms with van der Waals surface area (Å²) in [6, 6.07) is 0.939. The van der Waals surface area contributed by atoms with Crippen molar-refractivity contribution < 1.29 is 4.48 Å². The molecule has 2 aliphatic rings. The van der Waals surface area contributed by atoms with Crippen LogP contribution in [0.2, 0.25) is 0 Å². The summed E-state index contributed by atoms with van der Waals surface area (Å²) in [5.41, 5.74) is 0. The van der Waals surface area contributed by atoms with Crippen LogP contribution in [0.5, 0.6) is 0 Å². The summed E-state index contributed by atoms with van der Waals surface area (Å²) < 4.78 is 1.18. The largest absolute Gasteiger partial charge is 0.328 e. The third kappa shape index (κ3) is 2.13. The molecule has 0 aliphatic heterocycles. The number of hydrogen-bond donors (Lipinski definition) is 0. The van der Waals surface area contributed by atoms with Gasteiger partial charge in [-0.15, -0.1) is 0 Å². The van der Waals surface area contributed by atoms with Crippen molar-refractivity contribution in [3.63, 3.8) is 0 Å². The molecule has 0 aromatic carbocycles. The molecule has 0 bridgehead atoms. The maximum atomic E-state index is 2.37. The van der Waals surface area contributed by atoms with Crippen LogP contribution in [0.4, 0.5) is 0 Å². The number of quaternary nitrogens is 1. The Hall–Kier alpha value is -0.0400. The molecule has 82 valence electrons. The van der Waals surface area contributed by atoms with Crippen molar-refractivity contribution in [3.8, 4) is 0 Å². The predicted octanol–water partition coefficient (Wildman–Crippen LogP) is 3.05. The molecule has 0 saturated heterocycles. The normalized spacial score (nSPS) is 39.2. The molecule has 2 saturated carbocycles. The molecule has 0 unspecified atom stereocenters. The minimum absolute atomic E-state index is 0.939. The van der Waals surface area contributed by atoms with Crippen LogP contribution in [0.15, 0.2) is 0 Å². The van der Waals surface area contributed by atoms with Gasteiger partial charge in [-0.3, -0.25) is 0 Å². The summed E-state index contributed by atoms with van der Waals surface area (Å²) in [7, 11) is 7.11. The zero-order valence-corrected chi connectivity index (χ0v) is 10.1. The van der Waals surface area contributed by atoms with E-state index in [-0.39, 0.29) is 0 Å². The highest BCUT2D eigenvalue weighted by Gasteiger charge is 2.37. The molecule has 1 heteroatoms. The van der Waals surface area contributed by atoms with Crippen LogP contribution in [0, 0.1) is 11.8 Å². The van der Waals surface area contributed by atoms with E-state index in [1.807, 2.05) is 0 Å². The maximum absolute atomic E-state index is 2.37. The van der Waals surface area contributed by atoms with Gasteiger partial charge < -0.3 is 4.48 Å². The van der Waals surface area contributed by atoms with Gasteiger partial charge in [0.2, 0.25) is 0 Å². The smallest absolute Gasteiger partial charge is 0.0887 e. The molecular weight excluding hydrogens is 170 g/mol. The number of fused-ring (bicyclic) bond motifs is 1. The van der Waals surface area contributed by atoms with E-state index in [0.29, 0.717) is 0 Å². The lowest BCUT2D eigenvalue weighted by Crippen LogP contribution is -2.49. The van der Waals surface area contributed by atoms with Crippen molar-refractivity contribution >= 4 is 0 Å². The lowest BCUT2D eigenvalue weighted by atomic mass is 9.69. The standard InChI is InChI=1S/C13H26N/c1-14(2,3)13-9-8-11-6-4-5-7-12(11)10-13/h11-13H,4-10H2,1-3H3/q+1/t11-,12-,13+/m1/s1. The first-order valence-electron chi connectivity index (χ1n) is 6.38. The molecular formula is C13H26N+. The predicted molar refractivity (Wildman–Crippen MR) is 61.1 cm³/mol. The van der Waals surface area contributed by atoms with E-state index < -0.39 is 0 Å². The Kier molecular flexibility index (Phi) is 2.88. The fourth-order valence-electron chi connectivity index (χ4n) is 3.55. The second-order valence-electron chi connectivity index (χ2n) is 6.39. The van der Waals surface area contributed by atoms with E-state index >= 15 is 0 Å². The van der Waals surface area contributed by atoms with E-state index in [4.69, 9.17) is 0 Å². The molecule has 0 amide bonds. The fourth-order valence-corrected chi connectivity index (χ4v) is 3.55. The van der Waals surface area contributed by atoms with Crippen molar-refractivity contribution in [1.29, 1.82) is 0 Å².